The van der Waals surface area contributed by atoms with E-state index >= 15 is 0 Å². The van der Waals surface area contributed by atoms with Crippen LogP contribution in [0.25, 0.3) is 10.1 Å². The molecule has 5 rings (SSSR count). The average molecular weight is 683 g/mol. The Morgan fingerprint density at radius 2 is 1.89 bits per heavy atom. The maximum Gasteiger partial charge on any atom is 0.393 e. The van der Waals surface area contributed by atoms with Crippen LogP contribution in [0.5, 0.6) is 5.75 Å². The summed E-state index contributed by atoms with van der Waals surface area (Å²) >= 11 is 1.15. The highest BCUT2D eigenvalue weighted by atomic mass is 32.1. The summed E-state index contributed by atoms with van der Waals surface area (Å²) in [4.78, 5) is 4.34. The molecule has 2 aliphatic heterocycles. The fourth-order valence-electron chi connectivity index (χ4n) is 6.28. The van der Waals surface area contributed by atoms with Gasteiger partial charge in [0.25, 0.3) is 0 Å². The number of rotatable bonds is 9. The van der Waals surface area contributed by atoms with Crippen LogP contribution in [-0.4, -0.2) is 94.2 Å². The van der Waals surface area contributed by atoms with Gasteiger partial charge < -0.3 is 29.7 Å². The number of piperidine rings is 1. The van der Waals surface area contributed by atoms with Crippen molar-refractivity contribution in [2.45, 2.75) is 50.1 Å². The van der Waals surface area contributed by atoms with Gasteiger partial charge in [-0.2, -0.15) is 13.2 Å². The van der Waals surface area contributed by atoms with Crippen molar-refractivity contribution < 1.29 is 31.3 Å². The molecule has 6 nitrogen and oxygen atoms in total. The minimum atomic E-state index is -4.45. The predicted molar refractivity (Wildman–Crippen MR) is 178 cm³/mol. The summed E-state index contributed by atoms with van der Waals surface area (Å²) in [5.74, 6) is 6.03. The molecule has 2 fully saturated rings. The fraction of sp³-hybridized carbons (Fsp3) is 0.515. The van der Waals surface area contributed by atoms with Gasteiger partial charge in [0.1, 0.15) is 19.1 Å². The SMILES string of the molecule is CN1CCC(Nc2cccc3c(CC(F)(F)F)c(C#CCNc4ccc(P5(=O)CCC(N(C)C)CC5)cc4OCF)sc23)C(F)C1. The van der Waals surface area contributed by atoms with Crippen molar-refractivity contribution in [3.8, 4) is 17.6 Å². The second-order valence-electron chi connectivity index (χ2n) is 12.3. The Bertz CT molecular complexity index is 1620. The lowest BCUT2D eigenvalue weighted by Crippen LogP contribution is -2.46. The minimum absolute atomic E-state index is 0.0497. The Kier molecular flexibility index (Phi) is 10.9. The molecule has 250 valence electrons. The lowest BCUT2D eigenvalue weighted by molar-refractivity contribution is -0.126. The quantitative estimate of drug-likeness (QED) is 0.145. The molecule has 2 unspecified atom stereocenters. The number of benzene rings is 2. The Balaban J connectivity index is 1.35. The van der Waals surface area contributed by atoms with Crippen LogP contribution in [-0.2, 0) is 11.0 Å². The third-order valence-electron chi connectivity index (χ3n) is 8.87. The summed E-state index contributed by atoms with van der Waals surface area (Å²) in [7, 11) is 3.24. The number of ether oxygens (including phenoxy) is 1. The molecule has 0 aliphatic carbocycles. The second kappa shape index (κ2) is 14.5. The highest BCUT2D eigenvalue weighted by Crippen LogP contribution is 2.50. The van der Waals surface area contributed by atoms with Crippen molar-refractivity contribution >= 4 is 45.2 Å². The fourth-order valence-corrected chi connectivity index (χ4v) is 10.3. The number of likely N-dealkylation sites (tertiary alicyclic amines) is 1. The highest BCUT2D eigenvalue weighted by Gasteiger charge is 2.34. The molecule has 0 bridgehead atoms. The van der Waals surface area contributed by atoms with Crippen LogP contribution in [0.4, 0.5) is 33.3 Å². The zero-order chi connectivity index (χ0) is 33.1. The largest absolute Gasteiger partial charge is 0.461 e. The van der Waals surface area contributed by atoms with E-state index in [4.69, 9.17) is 4.74 Å². The number of nitrogens with zero attached hydrogens (tertiary/aromatic N) is 2. The van der Waals surface area contributed by atoms with Gasteiger partial charge in [-0.15, -0.1) is 11.3 Å². The van der Waals surface area contributed by atoms with E-state index in [-0.39, 0.29) is 22.7 Å². The molecule has 0 radical (unpaired) electrons. The molecule has 2 aromatic carbocycles. The van der Waals surface area contributed by atoms with Crippen molar-refractivity contribution in [1.82, 2.24) is 9.80 Å². The summed E-state index contributed by atoms with van der Waals surface area (Å²) in [5.41, 5.74) is 1.13. The van der Waals surface area contributed by atoms with E-state index in [2.05, 4.69) is 27.4 Å². The van der Waals surface area contributed by atoms with E-state index in [9.17, 15) is 26.5 Å². The van der Waals surface area contributed by atoms with E-state index in [0.717, 1.165) is 30.7 Å². The average Bonchev–Trinajstić information content (AvgIpc) is 3.34. The molecule has 0 amide bonds. The first-order chi connectivity index (χ1) is 21.9. The summed E-state index contributed by atoms with van der Waals surface area (Å²) in [6.45, 7) is -0.0120. The number of thiophene rings is 1. The number of nitrogens with one attached hydrogen (secondary N) is 2. The van der Waals surface area contributed by atoms with Gasteiger partial charge in [-0.25, -0.2) is 8.78 Å². The summed E-state index contributed by atoms with van der Waals surface area (Å²) in [6.07, 6.45) is -3.33. The summed E-state index contributed by atoms with van der Waals surface area (Å²) in [5, 5.41) is 7.40. The summed E-state index contributed by atoms with van der Waals surface area (Å²) in [6, 6.07) is 10.1. The molecule has 0 spiro atoms. The molecule has 0 saturated carbocycles. The first-order valence-electron chi connectivity index (χ1n) is 15.4. The third kappa shape index (κ3) is 8.17. The number of anilines is 2. The molecule has 3 heterocycles. The lowest BCUT2D eigenvalue weighted by Gasteiger charge is -2.33. The molecule has 46 heavy (non-hydrogen) atoms. The van der Waals surface area contributed by atoms with Crippen LogP contribution in [0.15, 0.2) is 36.4 Å². The van der Waals surface area contributed by atoms with E-state index in [1.54, 1.807) is 36.4 Å². The Labute approximate surface area is 271 Å². The van der Waals surface area contributed by atoms with Gasteiger partial charge in [-0.05, 0) is 75.6 Å². The molecule has 1 aromatic heterocycles. The number of fused-ring (bicyclic) bond motifs is 1. The van der Waals surface area contributed by atoms with Crippen LogP contribution in [0.2, 0.25) is 0 Å². The smallest absolute Gasteiger partial charge is 0.393 e. The molecular weight excluding hydrogens is 642 g/mol. The van der Waals surface area contributed by atoms with Crippen LogP contribution >= 0.6 is 18.5 Å². The van der Waals surface area contributed by atoms with Gasteiger partial charge in [0, 0.05) is 36.8 Å². The van der Waals surface area contributed by atoms with Crippen molar-refractivity contribution in [3.05, 3.63) is 46.8 Å². The third-order valence-corrected chi connectivity index (χ3v) is 13.3. The van der Waals surface area contributed by atoms with Crippen molar-refractivity contribution in [3.63, 3.8) is 0 Å². The van der Waals surface area contributed by atoms with Crippen molar-refractivity contribution in [1.29, 1.82) is 0 Å². The Morgan fingerprint density at radius 1 is 1.13 bits per heavy atom. The Morgan fingerprint density at radius 3 is 2.57 bits per heavy atom. The predicted octanol–water partition coefficient (Wildman–Crippen LogP) is 6.94. The normalized spacial score (nSPS) is 24.1. The maximum atomic E-state index is 14.8. The monoisotopic (exact) mass is 682 g/mol. The number of hydrogen-bond donors (Lipinski definition) is 2. The zero-order valence-electron chi connectivity index (χ0n) is 26.2. The van der Waals surface area contributed by atoms with Gasteiger partial charge in [0.05, 0.1) is 40.0 Å². The van der Waals surface area contributed by atoms with Gasteiger partial charge in [-0.3, -0.25) is 0 Å². The lowest BCUT2D eigenvalue weighted by atomic mass is 10.0. The number of hydrogen-bond acceptors (Lipinski definition) is 7. The van der Waals surface area contributed by atoms with Gasteiger partial charge in [0.2, 0.25) is 6.86 Å². The number of alkyl halides is 5. The van der Waals surface area contributed by atoms with Gasteiger partial charge in [-0.1, -0.05) is 24.0 Å². The van der Waals surface area contributed by atoms with E-state index in [0.29, 0.717) is 58.1 Å². The first kappa shape index (κ1) is 34.5. The molecular formula is C33H40F5N4O2PS. The van der Waals surface area contributed by atoms with Crippen molar-refractivity contribution in [2.24, 2.45) is 0 Å². The second-order valence-corrected chi connectivity index (χ2v) is 16.5. The standard InChI is InChI=1S/C33H40F5N4O2PS/c1-41(2)22-12-16-45(43,17-13-22)23-9-10-28(30(18-23)44-21-34)39-14-5-8-31-25(19-33(36,37)38)24-6-4-7-29(32(24)46-31)40-27-11-15-42(3)20-26(27)35/h4,6-7,9-10,18,22,26-27,39-40H,11-17,19-21H2,1-3H3. The molecule has 2 atom stereocenters. The van der Waals surface area contributed by atoms with Crippen LogP contribution < -0.4 is 20.7 Å². The minimum Gasteiger partial charge on any atom is -0.461 e. The van der Waals surface area contributed by atoms with Gasteiger partial charge in [0.15, 0.2) is 0 Å². The molecule has 2 saturated heterocycles. The summed E-state index contributed by atoms with van der Waals surface area (Å²) < 4.78 is 88.7. The van der Waals surface area contributed by atoms with E-state index in [1.165, 1.54) is 0 Å². The Hall–Kier alpha value is -2.84. The first-order valence-corrected chi connectivity index (χ1v) is 18.3. The molecule has 2 aliphatic rings. The number of halogens is 5. The topological polar surface area (TPSA) is 56.8 Å². The maximum absolute atomic E-state index is 14.8. The highest BCUT2D eigenvalue weighted by molar-refractivity contribution is 7.71. The zero-order valence-corrected chi connectivity index (χ0v) is 27.9. The molecule has 2 N–H and O–H groups in total. The van der Waals surface area contributed by atoms with E-state index in [1.807, 2.05) is 26.0 Å². The molecule has 3 aromatic rings. The van der Waals surface area contributed by atoms with Crippen LogP contribution in [0.1, 0.15) is 29.7 Å². The van der Waals surface area contributed by atoms with Crippen molar-refractivity contribution in [2.75, 3.05) is 70.6 Å². The van der Waals surface area contributed by atoms with Gasteiger partial charge >= 0.3 is 6.18 Å². The van der Waals surface area contributed by atoms with E-state index < -0.39 is 38.8 Å². The van der Waals surface area contributed by atoms with Crippen LogP contribution in [0.3, 0.4) is 0 Å². The molecule has 13 heteroatoms. The van der Waals surface area contributed by atoms with Crippen LogP contribution in [0, 0.1) is 11.8 Å².